The normalized spacial score (nSPS) is 10.5. The van der Waals surface area contributed by atoms with Crippen molar-refractivity contribution in [2.75, 3.05) is 0 Å². The van der Waals surface area contributed by atoms with Gasteiger partial charge in [-0.15, -0.1) is 0 Å². The molecule has 0 fully saturated rings. The third kappa shape index (κ3) is 1.91. The molecule has 0 atom stereocenters. The monoisotopic (exact) mass is 230 g/mol. The molecule has 2 aromatic rings. The van der Waals surface area contributed by atoms with Crippen molar-refractivity contribution >= 4 is 0 Å². The van der Waals surface area contributed by atoms with Gasteiger partial charge in [-0.05, 0) is 43.2 Å². The molecule has 0 unspecified atom stereocenters. The summed E-state index contributed by atoms with van der Waals surface area (Å²) in [6.45, 7) is 3.70. The Labute approximate surface area is 99.6 Å². The first-order valence-electron chi connectivity index (χ1n) is 5.32. The summed E-state index contributed by atoms with van der Waals surface area (Å²) in [5.74, 6) is -0.0428. The largest absolute Gasteiger partial charge is 0.507 e. The Morgan fingerprint density at radius 3 is 1.88 bits per heavy atom. The Morgan fingerprint density at radius 2 is 1.35 bits per heavy atom. The summed E-state index contributed by atoms with van der Waals surface area (Å²) in [5, 5.41) is 29.5. The number of hydrogen-bond donors (Lipinski definition) is 3. The van der Waals surface area contributed by atoms with Crippen molar-refractivity contribution in [3.63, 3.8) is 0 Å². The first-order chi connectivity index (χ1) is 8.00. The SMILES string of the molecule is Cc1cc(C)c(-c2c(O)cccc2O)c(O)c1. The molecule has 88 valence electrons. The van der Waals surface area contributed by atoms with Gasteiger partial charge >= 0.3 is 0 Å². The van der Waals surface area contributed by atoms with Crippen molar-refractivity contribution in [2.45, 2.75) is 13.8 Å². The minimum absolute atomic E-state index is 0.0488. The summed E-state index contributed by atoms with van der Waals surface area (Å²) in [5.41, 5.74) is 2.46. The maximum Gasteiger partial charge on any atom is 0.127 e. The second kappa shape index (κ2) is 4.01. The van der Waals surface area contributed by atoms with E-state index in [1.807, 2.05) is 19.9 Å². The molecule has 0 amide bonds. The van der Waals surface area contributed by atoms with E-state index < -0.39 is 0 Å². The summed E-state index contributed by atoms with van der Waals surface area (Å²) < 4.78 is 0. The smallest absolute Gasteiger partial charge is 0.127 e. The Kier molecular flexibility index (Phi) is 2.68. The molecule has 3 heteroatoms. The van der Waals surface area contributed by atoms with Crippen molar-refractivity contribution in [2.24, 2.45) is 0 Å². The molecule has 0 saturated carbocycles. The van der Waals surface area contributed by atoms with Gasteiger partial charge in [-0.2, -0.15) is 0 Å². The van der Waals surface area contributed by atoms with Crippen LogP contribution in [-0.2, 0) is 0 Å². The Hall–Kier alpha value is -2.16. The highest BCUT2D eigenvalue weighted by Gasteiger charge is 2.16. The van der Waals surface area contributed by atoms with E-state index in [4.69, 9.17) is 0 Å². The summed E-state index contributed by atoms with van der Waals surface area (Å²) >= 11 is 0. The maximum absolute atomic E-state index is 9.95. The number of hydrogen-bond acceptors (Lipinski definition) is 3. The molecule has 2 rings (SSSR count). The Bertz CT molecular complexity index is 530. The Morgan fingerprint density at radius 1 is 0.765 bits per heavy atom. The van der Waals surface area contributed by atoms with Gasteiger partial charge < -0.3 is 15.3 Å². The molecular weight excluding hydrogens is 216 g/mol. The fraction of sp³-hybridized carbons (Fsp3) is 0.143. The lowest BCUT2D eigenvalue weighted by molar-refractivity contribution is 0.449. The predicted octanol–water partition coefficient (Wildman–Crippen LogP) is 3.09. The van der Waals surface area contributed by atoms with Gasteiger partial charge in [0.25, 0.3) is 0 Å². The topological polar surface area (TPSA) is 60.7 Å². The van der Waals surface area contributed by atoms with Gasteiger partial charge in [0.15, 0.2) is 0 Å². The number of phenolic OH excluding ortho intramolecular Hbond substituents is 3. The zero-order valence-corrected chi connectivity index (χ0v) is 9.73. The van der Waals surface area contributed by atoms with Crippen LogP contribution in [-0.4, -0.2) is 15.3 Å². The molecule has 3 nitrogen and oxygen atoms in total. The molecule has 0 saturated heterocycles. The molecule has 2 aromatic carbocycles. The van der Waals surface area contributed by atoms with E-state index in [2.05, 4.69) is 0 Å². The van der Waals surface area contributed by atoms with Crippen LogP contribution in [0.3, 0.4) is 0 Å². The first-order valence-corrected chi connectivity index (χ1v) is 5.32. The molecule has 0 aliphatic heterocycles. The van der Waals surface area contributed by atoms with Crippen LogP contribution in [0.25, 0.3) is 11.1 Å². The molecule has 17 heavy (non-hydrogen) atoms. The van der Waals surface area contributed by atoms with E-state index in [1.165, 1.54) is 12.1 Å². The third-order valence-electron chi connectivity index (χ3n) is 2.73. The average molecular weight is 230 g/mol. The lowest BCUT2D eigenvalue weighted by atomic mass is 9.96. The molecule has 0 spiro atoms. The van der Waals surface area contributed by atoms with Gasteiger partial charge in [0.1, 0.15) is 17.2 Å². The molecule has 0 radical (unpaired) electrons. The van der Waals surface area contributed by atoms with Crippen LogP contribution >= 0.6 is 0 Å². The second-order valence-corrected chi connectivity index (χ2v) is 4.15. The van der Waals surface area contributed by atoms with Gasteiger partial charge in [0, 0.05) is 5.56 Å². The van der Waals surface area contributed by atoms with Gasteiger partial charge in [-0.3, -0.25) is 0 Å². The predicted molar refractivity (Wildman–Crippen MR) is 66.3 cm³/mol. The number of rotatable bonds is 1. The summed E-state index contributed by atoms with van der Waals surface area (Å²) in [7, 11) is 0. The van der Waals surface area contributed by atoms with Gasteiger partial charge in [-0.25, -0.2) is 0 Å². The van der Waals surface area contributed by atoms with Crippen molar-refractivity contribution in [1.82, 2.24) is 0 Å². The highest BCUT2D eigenvalue weighted by atomic mass is 16.3. The average Bonchev–Trinajstić information content (AvgIpc) is 2.21. The maximum atomic E-state index is 9.95. The molecule has 0 bridgehead atoms. The van der Waals surface area contributed by atoms with Gasteiger partial charge in [0.2, 0.25) is 0 Å². The number of phenols is 3. The van der Waals surface area contributed by atoms with Crippen molar-refractivity contribution < 1.29 is 15.3 Å². The van der Waals surface area contributed by atoms with E-state index in [-0.39, 0.29) is 22.8 Å². The van der Waals surface area contributed by atoms with Crippen LogP contribution in [0.1, 0.15) is 11.1 Å². The van der Waals surface area contributed by atoms with Crippen LogP contribution < -0.4 is 0 Å². The minimum Gasteiger partial charge on any atom is -0.507 e. The summed E-state index contributed by atoms with van der Waals surface area (Å²) in [6, 6.07) is 8.01. The van der Waals surface area contributed by atoms with Crippen molar-refractivity contribution in [3.05, 3.63) is 41.5 Å². The zero-order chi connectivity index (χ0) is 12.6. The van der Waals surface area contributed by atoms with Crippen LogP contribution in [0.15, 0.2) is 30.3 Å². The van der Waals surface area contributed by atoms with E-state index in [9.17, 15) is 15.3 Å². The van der Waals surface area contributed by atoms with E-state index in [1.54, 1.807) is 12.1 Å². The fourth-order valence-corrected chi connectivity index (χ4v) is 2.05. The molecule has 0 aliphatic rings. The molecule has 0 aromatic heterocycles. The van der Waals surface area contributed by atoms with E-state index in [0.29, 0.717) is 5.56 Å². The van der Waals surface area contributed by atoms with Crippen LogP contribution in [0.4, 0.5) is 0 Å². The zero-order valence-electron chi connectivity index (χ0n) is 9.73. The van der Waals surface area contributed by atoms with E-state index >= 15 is 0 Å². The van der Waals surface area contributed by atoms with E-state index in [0.717, 1.165) is 11.1 Å². The quantitative estimate of drug-likeness (QED) is 0.705. The van der Waals surface area contributed by atoms with Crippen LogP contribution in [0.2, 0.25) is 0 Å². The molecular formula is C14H14O3. The van der Waals surface area contributed by atoms with Crippen molar-refractivity contribution in [3.8, 4) is 28.4 Å². The first kappa shape index (κ1) is 11.3. The van der Waals surface area contributed by atoms with Crippen LogP contribution in [0.5, 0.6) is 17.2 Å². The fourth-order valence-electron chi connectivity index (χ4n) is 2.05. The lowest BCUT2D eigenvalue weighted by Crippen LogP contribution is -1.88. The third-order valence-corrected chi connectivity index (χ3v) is 2.73. The summed E-state index contributed by atoms with van der Waals surface area (Å²) in [6.07, 6.45) is 0. The molecule has 0 aliphatic carbocycles. The highest BCUT2D eigenvalue weighted by Crippen LogP contribution is 2.43. The molecule has 3 N–H and O–H groups in total. The Balaban J connectivity index is 2.77. The van der Waals surface area contributed by atoms with Crippen molar-refractivity contribution in [1.29, 1.82) is 0 Å². The number of aromatic hydroxyl groups is 3. The number of aryl methyl sites for hydroxylation is 2. The molecule has 0 heterocycles. The number of benzene rings is 2. The highest BCUT2D eigenvalue weighted by molar-refractivity contribution is 5.82. The van der Waals surface area contributed by atoms with Gasteiger partial charge in [-0.1, -0.05) is 12.1 Å². The minimum atomic E-state index is -0.0488. The standard InChI is InChI=1S/C14H14O3/c1-8-6-9(2)13(12(17)7-8)14-10(15)4-3-5-11(14)16/h3-7,15-17H,1-2H3. The summed E-state index contributed by atoms with van der Waals surface area (Å²) in [4.78, 5) is 0. The second-order valence-electron chi connectivity index (χ2n) is 4.15. The lowest BCUT2D eigenvalue weighted by Gasteiger charge is -2.13. The van der Waals surface area contributed by atoms with Gasteiger partial charge in [0.05, 0.1) is 5.56 Å². The van der Waals surface area contributed by atoms with Crippen LogP contribution in [0, 0.1) is 13.8 Å².